The summed E-state index contributed by atoms with van der Waals surface area (Å²) in [5.41, 5.74) is 1.59. The van der Waals surface area contributed by atoms with Crippen molar-refractivity contribution in [3.8, 4) is 5.75 Å². The maximum Gasteiger partial charge on any atom is 0.265 e. The second-order valence-corrected chi connectivity index (χ2v) is 13.2. The van der Waals surface area contributed by atoms with E-state index in [1.54, 1.807) is 6.07 Å². The summed E-state index contributed by atoms with van der Waals surface area (Å²) in [7, 11) is -3.75. The number of rotatable bonds is 7. The SMILES string of the molecule is C[C@@H]1C[C@@H](C)CN(S(=O)(=O)c2ccc3c(c2)N(CC(=O)NC2CCN(Cc4ccccc4)CC2)C(=O)CO3)C1. The highest BCUT2D eigenvalue weighted by molar-refractivity contribution is 7.89. The third kappa shape index (κ3) is 6.45. The number of sulfonamides is 1. The molecular weight excluding hydrogens is 516 g/mol. The molecule has 0 bridgehead atoms. The highest BCUT2D eigenvalue weighted by atomic mass is 32.2. The molecule has 9 nitrogen and oxygen atoms in total. The van der Waals surface area contributed by atoms with Gasteiger partial charge in [-0.2, -0.15) is 4.31 Å². The molecule has 3 aliphatic heterocycles. The molecule has 2 saturated heterocycles. The number of amides is 2. The van der Waals surface area contributed by atoms with Crippen LogP contribution in [0.3, 0.4) is 0 Å². The Balaban J connectivity index is 1.23. The lowest BCUT2D eigenvalue weighted by atomic mass is 9.94. The maximum atomic E-state index is 13.5. The normalized spacial score (nSPS) is 23.2. The summed E-state index contributed by atoms with van der Waals surface area (Å²) in [5.74, 6) is 0.318. The van der Waals surface area contributed by atoms with Crippen LogP contribution in [0.2, 0.25) is 0 Å². The number of nitrogens with one attached hydrogen (secondary N) is 1. The van der Waals surface area contributed by atoms with E-state index in [-0.39, 0.29) is 47.7 Å². The number of fused-ring (bicyclic) bond motifs is 1. The molecule has 0 saturated carbocycles. The van der Waals surface area contributed by atoms with E-state index in [9.17, 15) is 18.0 Å². The lowest BCUT2D eigenvalue weighted by molar-refractivity contribution is -0.125. The van der Waals surface area contributed by atoms with Gasteiger partial charge >= 0.3 is 0 Å². The predicted octanol–water partition coefficient (Wildman–Crippen LogP) is 2.86. The lowest BCUT2D eigenvalue weighted by Gasteiger charge is -2.35. The third-order valence-corrected chi connectivity index (χ3v) is 9.68. The van der Waals surface area contributed by atoms with E-state index in [0.717, 1.165) is 38.9 Å². The fourth-order valence-corrected chi connectivity index (χ4v) is 7.66. The zero-order valence-electron chi connectivity index (χ0n) is 22.7. The Morgan fingerprint density at radius 1 is 1.03 bits per heavy atom. The topological polar surface area (TPSA) is 99.3 Å². The monoisotopic (exact) mass is 554 g/mol. The van der Waals surface area contributed by atoms with Gasteiger partial charge in [0.05, 0.1) is 10.6 Å². The minimum Gasteiger partial charge on any atom is -0.482 e. The van der Waals surface area contributed by atoms with Gasteiger partial charge in [-0.3, -0.25) is 19.4 Å². The number of nitrogens with zero attached hydrogens (tertiary/aromatic N) is 3. The summed E-state index contributed by atoms with van der Waals surface area (Å²) in [5, 5.41) is 3.08. The van der Waals surface area contributed by atoms with Crippen molar-refractivity contribution in [3.05, 3.63) is 54.1 Å². The fourth-order valence-electron chi connectivity index (χ4n) is 5.96. The Labute approximate surface area is 231 Å². The Morgan fingerprint density at radius 3 is 2.41 bits per heavy atom. The smallest absolute Gasteiger partial charge is 0.265 e. The van der Waals surface area contributed by atoms with Gasteiger partial charge < -0.3 is 10.1 Å². The van der Waals surface area contributed by atoms with Crippen molar-refractivity contribution >= 4 is 27.5 Å². The Bertz CT molecular complexity index is 1280. The maximum absolute atomic E-state index is 13.5. The van der Waals surface area contributed by atoms with Crippen molar-refractivity contribution in [2.45, 2.75) is 50.6 Å². The number of hydrogen-bond donors (Lipinski definition) is 1. The number of anilines is 1. The van der Waals surface area contributed by atoms with Gasteiger partial charge in [-0.1, -0.05) is 44.2 Å². The van der Waals surface area contributed by atoms with E-state index in [2.05, 4.69) is 36.2 Å². The van der Waals surface area contributed by atoms with Crippen LogP contribution in [0.5, 0.6) is 5.75 Å². The molecule has 2 fully saturated rings. The van der Waals surface area contributed by atoms with Crippen LogP contribution in [0.25, 0.3) is 0 Å². The molecule has 2 aromatic rings. The van der Waals surface area contributed by atoms with Gasteiger partial charge in [-0.25, -0.2) is 8.42 Å². The quantitative estimate of drug-likeness (QED) is 0.565. The highest BCUT2D eigenvalue weighted by Crippen LogP contribution is 2.36. The second-order valence-electron chi connectivity index (χ2n) is 11.3. The minimum atomic E-state index is -3.75. The Kier molecular flexibility index (Phi) is 8.25. The molecule has 0 aliphatic carbocycles. The van der Waals surface area contributed by atoms with Gasteiger partial charge in [0.25, 0.3) is 5.91 Å². The van der Waals surface area contributed by atoms with Crippen molar-refractivity contribution in [3.63, 3.8) is 0 Å². The molecule has 2 aromatic carbocycles. The van der Waals surface area contributed by atoms with Gasteiger partial charge in [0.15, 0.2) is 6.61 Å². The van der Waals surface area contributed by atoms with Crippen molar-refractivity contribution in [1.82, 2.24) is 14.5 Å². The van der Waals surface area contributed by atoms with E-state index >= 15 is 0 Å². The average molecular weight is 555 g/mol. The van der Waals surface area contributed by atoms with Gasteiger partial charge in [0.2, 0.25) is 15.9 Å². The lowest BCUT2D eigenvalue weighted by Crippen LogP contribution is -2.49. The zero-order valence-corrected chi connectivity index (χ0v) is 23.5. The molecule has 0 radical (unpaired) electrons. The van der Waals surface area contributed by atoms with Crippen LogP contribution in [0.1, 0.15) is 38.7 Å². The van der Waals surface area contributed by atoms with Gasteiger partial charge in [0, 0.05) is 38.8 Å². The Hall–Kier alpha value is -2.95. The summed E-state index contributed by atoms with van der Waals surface area (Å²) >= 11 is 0. The van der Waals surface area contributed by atoms with E-state index in [1.807, 2.05) is 18.2 Å². The largest absolute Gasteiger partial charge is 0.482 e. The first kappa shape index (κ1) is 27.6. The molecule has 2 amide bonds. The molecule has 5 rings (SSSR count). The van der Waals surface area contributed by atoms with Crippen molar-refractivity contribution in [1.29, 1.82) is 0 Å². The molecule has 3 aliphatic rings. The number of ether oxygens (including phenoxy) is 1. The van der Waals surface area contributed by atoms with Crippen LogP contribution in [0.15, 0.2) is 53.4 Å². The predicted molar refractivity (Wildman–Crippen MR) is 149 cm³/mol. The molecule has 10 heteroatoms. The summed E-state index contributed by atoms with van der Waals surface area (Å²) in [6.45, 7) is 7.34. The molecule has 0 aromatic heterocycles. The molecule has 39 heavy (non-hydrogen) atoms. The van der Waals surface area contributed by atoms with Crippen LogP contribution in [0.4, 0.5) is 5.69 Å². The van der Waals surface area contributed by atoms with E-state index in [4.69, 9.17) is 4.74 Å². The summed E-state index contributed by atoms with van der Waals surface area (Å²) < 4.78 is 34.1. The van der Waals surface area contributed by atoms with E-state index in [0.29, 0.717) is 24.5 Å². The number of piperidine rings is 2. The number of hydrogen-bond acceptors (Lipinski definition) is 6. The second kappa shape index (κ2) is 11.7. The fraction of sp³-hybridized carbons (Fsp3) is 0.517. The van der Waals surface area contributed by atoms with Gasteiger partial charge in [-0.15, -0.1) is 0 Å². The molecule has 3 heterocycles. The zero-order chi connectivity index (χ0) is 27.6. The first-order valence-electron chi connectivity index (χ1n) is 13.8. The first-order chi connectivity index (χ1) is 18.7. The summed E-state index contributed by atoms with van der Waals surface area (Å²) in [4.78, 5) is 29.7. The molecule has 0 unspecified atom stereocenters. The van der Waals surface area contributed by atoms with Crippen LogP contribution in [0, 0.1) is 11.8 Å². The molecule has 0 spiro atoms. The van der Waals surface area contributed by atoms with Crippen LogP contribution in [-0.4, -0.2) is 74.8 Å². The minimum absolute atomic E-state index is 0.0370. The van der Waals surface area contributed by atoms with E-state index in [1.165, 1.54) is 26.9 Å². The van der Waals surface area contributed by atoms with Crippen molar-refractivity contribution in [2.24, 2.45) is 11.8 Å². The molecule has 2 atom stereocenters. The van der Waals surface area contributed by atoms with Gasteiger partial charge in [-0.05, 0) is 54.9 Å². The van der Waals surface area contributed by atoms with Crippen molar-refractivity contribution < 1.29 is 22.7 Å². The van der Waals surface area contributed by atoms with Crippen LogP contribution in [-0.2, 0) is 26.2 Å². The number of carbonyl (C=O) groups excluding carboxylic acids is 2. The molecule has 1 N–H and O–H groups in total. The highest BCUT2D eigenvalue weighted by Gasteiger charge is 2.34. The standard InChI is InChI=1S/C29H38N4O5S/c1-21-14-22(2)17-32(16-21)39(36,37)25-8-9-27-26(15-25)33(29(35)20-38-27)19-28(34)30-24-10-12-31(13-11-24)18-23-6-4-3-5-7-23/h3-9,15,21-22,24H,10-14,16-20H2,1-2H3,(H,30,34)/t21-,22-/m1/s1. The van der Waals surface area contributed by atoms with E-state index < -0.39 is 10.0 Å². The number of carbonyl (C=O) groups is 2. The van der Waals surface area contributed by atoms with Gasteiger partial charge in [0.1, 0.15) is 12.3 Å². The molecular formula is C29H38N4O5S. The summed E-state index contributed by atoms with van der Waals surface area (Å²) in [6, 6.07) is 15.0. The Morgan fingerprint density at radius 2 is 1.72 bits per heavy atom. The third-order valence-electron chi connectivity index (χ3n) is 7.85. The molecule has 210 valence electrons. The van der Waals surface area contributed by atoms with Crippen molar-refractivity contribution in [2.75, 3.05) is 44.2 Å². The number of benzene rings is 2. The van der Waals surface area contributed by atoms with Crippen LogP contribution < -0.4 is 15.0 Å². The van der Waals surface area contributed by atoms with Crippen LogP contribution >= 0.6 is 0 Å². The first-order valence-corrected chi connectivity index (χ1v) is 15.3. The summed E-state index contributed by atoms with van der Waals surface area (Å²) in [6.07, 6.45) is 2.66. The number of likely N-dealkylation sites (tertiary alicyclic amines) is 1. The average Bonchev–Trinajstić information content (AvgIpc) is 2.91.